The van der Waals surface area contributed by atoms with Gasteiger partial charge in [-0.3, -0.25) is 14.5 Å². The average molecular weight is 343 g/mol. The van der Waals surface area contributed by atoms with Gasteiger partial charge in [0.05, 0.1) is 6.54 Å². The number of amides is 2. The van der Waals surface area contributed by atoms with E-state index in [2.05, 4.69) is 29.3 Å². The lowest BCUT2D eigenvalue weighted by Gasteiger charge is -2.34. The second-order valence-corrected chi connectivity index (χ2v) is 7.52. The van der Waals surface area contributed by atoms with Crippen molar-refractivity contribution in [1.82, 2.24) is 9.80 Å². The fraction of sp³-hybridized carbons (Fsp3) is 0.600. The minimum absolute atomic E-state index is 0.0537. The Morgan fingerprint density at radius 3 is 2.44 bits per heavy atom. The van der Waals surface area contributed by atoms with Gasteiger partial charge in [0.2, 0.25) is 11.8 Å². The van der Waals surface area contributed by atoms with Gasteiger partial charge in [0.25, 0.3) is 0 Å². The Hall–Kier alpha value is -1.88. The van der Waals surface area contributed by atoms with Crippen LogP contribution in [-0.4, -0.2) is 53.8 Å². The van der Waals surface area contributed by atoms with Crippen molar-refractivity contribution in [2.24, 2.45) is 0 Å². The Morgan fingerprint density at radius 1 is 1.16 bits per heavy atom. The van der Waals surface area contributed by atoms with Crippen molar-refractivity contribution < 1.29 is 9.59 Å². The summed E-state index contributed by atoms with van der Waals surface area (Å²) in [6, 6.07) is 4.70. The highest BCUT2D eigenvalue weighted by atomic mass is 16.2. The zero-order chi connectivity index (χ0) is 18.0. The van der Waals surface area contributed by atoms with Crippen LogP contribution >= 0.6 is 0 Å². The molecule has 1 aromatic rings. The first-order valence-electron chi connectivity index (χ1n) is 9.33. The molecule has 1 N–H and O–H groups in total. The Bertz CT molecular complexity index is 644. The average Bonchev–Trinajstić information content (AvgIpc) is 3.36. The monoisotopic (exact) mass is 343 g/mol. The summed E-state index contributed by atoms with van der Waals surface area (Å²) in [4.78, 5) is 28.6. The molecule has 1 aliphatic carbocycles. The van der Waals surface area contributed by atoms with Crippen LogP contribution in [0, 0.1) is 20.8 Å². The first-order chi connectivity index (χ1) is 11.9. The number of anilines is 1. The number of carbonyl (C=O) groups excluding carboxylic acids is 2. The highest BCUT2D eigenvalue weighted by Gasteiger charge is 2.35. The molecule has 2 amide bonds. The third kappa shape index (κ3) is 4.60. The zero-order valence-corrected chi connectivity index (χ0v) is 15.6. The van der Waals surface area contributed by atoms with Gasteiger partial charge in [0.1, 0.15) is 0 Å². The summed E-state index contributed by atoms with van der Waals surface area (Å²) in [5.74, 6) is 0.308. The van der Waals surface area contributed by atoms with Gasteiger partial charge in [-0.05, 0) is 57.7 Å². The molecule has 25 heavy (non-hydrogen) atoms. The van der Waals surface area contributed by atoms with Crippen LogP contribution in [0.15, 0.2) is 12.1 Å². The van der Waals surface area contributed by atoms with E-state index in [4.69, 9.17) is 0 Å². The minimum Gasteiger partial charge on any atom is -0.337 e. The number of hydrogen-bond acceptors (Lipinski definition) is 3. The molecule has 0 unspecified atom stereocenters. The van der Waals surface area contributed by atoms with Crippen LogP contribution in [-0.2, 0) is 9.59 Å². The highest BCUT2D eigenvalue weighted by molar-refractivity contribution is 5.92. The molecule has 2 fully saturated rings. The summed E-state index contributed by atoms with van der Waals surface area (Å²) in [6.45, 7) is 9.21. The Labute approximate surface area is 150 Å². The van der Waals surface area contributed by atoms with Crippen LogP contribution in [0.5, 0.6) is 0 Å². The van der Waals surface area contributed by atoms with Gasteiger partial charge in [0.15, 0.2) is 0 Å². The molecule has 5 heteroatoms. The van der Waals surface area contributed by atoms with Gasteiger partial charge in [0, 0.05) is 31.2 Å². The Kier molecular flexibility index (Phi) is 5.42. The van der Waals surface area contributed by atoms with Crippen molar-refractivity contribution in [2.45, 2.75) is 52.5 Å². The predicted octanol–water partition coefficient (Wildman–Crippen LogP) is 2.64. The van der Waals surface area contributed by atoms with E-state index in [1.807, 2.05) is 18.7 Å². The lowest BCUT2D eigenvalue weighted by molar-refractivity contribution is -0.136. The molecule has 1 aliphatic heterocycles. The molecule has 1 heterocycles. The topological polar surface area (TPSA) is 52.7 Å². The van der Waals surface area contributed by atoms with Gasteiger partial charge in [-0.25, -0.2) is 0 Å². The number of carbonyl (C=O) groups is 2. The van der Waals surface area contributed by atoms with Gasteiger partial charge >= 0.3 is 0 Å². The molecule has 5 nitrogen and oxygen atoms in total. The summed E-state index contributed by atoms with van der Waals surface area (Å²) in [5.41, 5.74) is 4.35. The molecular weight excluding hydrogens is 314 g/mol. The molecule has 136 valence electrons. The minimum atomic E-state index is 0.0537. The lowest BCUT2D eigenvalue weighted by atomic mass is 10.0. The maximum absolute atomic E-state index is 12.3. The molecule has 1 saturated carbocycles. The molecule has 3 rings (SSSR count). The maximum atomic E-state index is 12.3. The van der Waals surface area contributed by atoms with E-state index in [0.717, 1.165) is 42.9 Å². The summed E-state index contributed by atoms with van der Waals surface area (Å²) < 4.78 is 0. The van der Waals surface area contributed by atoms with Crippen LogP contribution < -0.4 is 5.32 Å². The molecule has 1 saturated heterocycles. The van der Waals surface area contributed by atoms with Crippen LogP contribution in [0.3, 0.4) is 0 Å². The van der Waals surface area contributed by atoms with Gasteiger partial charge in [-0.15, -0.1) is 0 Å². The standard InChI is InChI=1S/C20H29N3O2/c1-14-11-15(2)20(16(3)12-14)21-18(24)5-4-8-22-9-10-23(17-6-7-17)19(25)13-22/h11-12,17H,4-10,13H2,1-3H3,(H,21,24). The summed E-state index contributed by atoms with van der Waals surface area (Å²) in [5, 5.41) is 3.05. The SMILES string of the molecule is Cc1cc(C)c(NC(=O)CCCN2CCN(C3CC3)C(=O)C2)c(C)c1. The number of piperazine rings is 1. The van der Waals surface area contributed by atoms with Crippen molar-refractivity contribution in [1.29, 1.82) is 0 Å². The number of rotatable bonds is 6. The number of benzene rings is 1. The fourth-order valence-corrected chi connectivity index (χ4v) is 3.74. The van der Waals surface area contributed by atoms with E-state index in [0.29, 0.717) is 19.0 Å². The van der Waals surface area contributed by atoms with E-state index < -0.39 is 0 Å². The molecule has 0 aromatic heterocycles. The van der Waals surface area contributed by atoms with Gasteiger partial charge in [-0.2, -0.15) is 0 Å². The highest BCUT2D eigenvalue weighted by Crippen LogP contribution is 2.28. The van der Waals surface area contributed by atoms with Crippen LogP contribution in [0.25, 0.3) is 0 Å². The van der Waals surface area contributed by atoms with Crippen molar-refractivity contribution >= 4 is 17.5 Å². The molecule has 0 spiro atoms. The third-order valence-corrected chi connectivity index (χ3v) is 5.14. The first-order valence-corrected chi connectivity index (χ1v) is 9.33. The van der Waals surface area contributed by atoms with Crippen molar-refractivity contribution in [3.8, 4) is 0 Å². The van der Waals surface area contributed by atoms with Crippen LogP contribution in [0.1, 0.15) is 42.4 Å². The first kappa shape index (κ1) is 17.9. The maximum Gasteiger partial charge on any atom is 0.237 e. The zero-order valence-electron chi connectivity index (χ0n) is 15.6. The van der Waals surface area contributed by atoms with E-state index in [9.17, 15) is 9.59 Å². The predicted molar refractivity (Wildman–Crippen MR) is 99.7 cm³/mol. The number of nitrogens with zero attached hydrogens (tertiary/aromatic N) is 2. The molecule has 0 atom stereocenters. The van der Waals surface area contributed by atoms with Gasteiger partial charge in [-0.1, -0.05) is 17.7 Å². The molecular formula is C20H29N3O2. The number of hydrogen-bond donors (Lipinski definition) is 1. The number of aryl methyl sites for hydroxylation is 3. The van der Waals surface area contributed by atoms with E-state index in [1.54, 1.807) is 0 Å². The normalized spacial score (nSPS) is 18.5. The Balaban J connectivity index is 1.42. The molecule has 2 aliphatic rings. The quantitative estimate of drug-likeness (QED) is 0.864. The second-order valence-electron chi connectivity index (χ2n) is 7.52. The van der Waals surface area contributed by atoms with E-state index >= 15 is 0 Å². The van der Waals surface area contributed by atoms with Crippen molar-refractivity contribution in [2.75, 3.05) is 31.5 Å². The van der Waals surface area contributed by atoms with Gasteiger partial charge < -0.3 is 10.2 Å². The smallest absolute Gasteiger partial charge is 0.237 e. The second kappa shape index (κ2) is 7.56. The van der Waals surface area contributed by atoms with Crippen LogP contribution in [0.4, 0.5) is 5.69 Å². The Morgan fingerprint density at radius 2 is 1.84 bits per heavy atom. The fourth-order valence-electron chi connectivity index (χ4n) is 3.74. The van der Waals surface area contributed by atoms with E-state index in [-0.39, 0.29) is 11.8 Å². The summed E-state index contributed by atoms with van der Waals surface area (Å²) in [6.07, 6.45) is 3.61. The van der Waals surface area contributed by atoms with E-state index in [1.165, 1.54) is 18.4 Å². The third-order valence-electron chi connectivity index (χ3n) is 5.14. The van der Waals surface area contributed by atoms with Crippen molar-refractivity contribution in [3.05, 3.63) is 28.8 Å². The largest absolute Gasteiger partial charge is 0.337 e. The lowest BCUT2D eigenvalue weighted by Crippen LogP contribution is -2.51. The van der Waals surface area contributed by atoms with Crippen molar-refractivity contribution in [3.63, 3.8) is 0 Å². The van der Waals surface area contributed by atoms with Crippen LogP contribution in [0.2, 0.25) is 0 Å². The molecule has 1 aromatic carbocycles. The summed E-state index contributed by atoms with van der Waals surface area (Å²) >= 11 is 0. The molecule has 0 bridgehead atoms. The number of nitrogens with one attached hydrogen (secondary N) is 1. The molecule has 0 radical (unpaired) electrons. The summed E-state index contributed by atoms with van der Waals surface area (Å²) in [7, 11) is 0.